The van der Waals surface area contributed by atoms with Gasteiger partial charge < -0.3 is 24.8 Å². The zero-order valence-electron chi connectivity index (χ0n) is 16.7. The van der Waals surface area contributed by atoms with Gasteiger partial charge in [0.05, 0.1) is 20.8 Å². The van der Waals surface area contributed by atoms with E-state index in [2.05, 4.69) is 20.4 Å². The summed E-state index contributed by atoms with van der Waals surface area (Å²) in [5, 5.41) is 6.52. The predicted octanol–water partition coefficient (Wildman–Crippen LogP) is 3.82. The fourth-order valence-electron chi connectivity index (χ4n) is 2.39. The molecule has 154 valence electrons. The van der Waals surface area contributed by atoms with Gasteiger partial charge in [-0.3, -0.25) is 9.79 Å². The van der Waals surface area contributed by atoms with E-state index in [9.17, 15) is 4.79 Å². The van der Waals surface area contributed by atoms with E-state index < -0.39 is 0 Å². The topological polar surface area (TPSA) is 81.2 Å². The number of aliphatic imine (C=N–C) groups is 1. The summed E-state index contributed by atoms with van der Waals surface area (Å²) in [6.45, 7) is 3.34. The quantitative estimate of drug-likeness (QED) is 0.160. The second kappa shape index (κ2) is 15.4. The van der Waals surface area contributed by atoms with Crippen LogP contribution in [0.1, 0.15) is 39.0 Å². The highest BCUT2D eigenvalue weighted by Crippen LogP contribution is 2.30. The number of esters is 1. The first-order valence-electron chi connectivity index (χ1n) is 8.99. The molecule has 0 spiro atoms. The number of hydrogen-bond donors (Lipinski definition) is 2. The second-order valence-electron chi connectivity index (χ2n) is 5.66. The van der Waals surface area contributed by atoms with Crippen molar-refractivity contribution in [2.75, 3.05) is 39.7 Å². The first-order chi connectivity index (χ1) is 12.6. The van der Waals surface area contributed by atoms with Gasteiger partial charge in [-0.1, -0.05) is 12.8 Å². The number of anilines is 1. The molecule has 1 aromatic rings. The van der Waals surface area contributed by atoms with Crippen LogP contribution in [-0.2, 0) is 9.53 Å². The van der Waals surface area contributed by atoms with E-state index in [1.165, 1.54) is 7.11 Å². The van der Waals surface area contributed by atoms with E-state index in [1.54, 1.807) is 14.2 Å². The molecule has 1 aromatic carbocycles. The molecule has 0 fully saturated rings. The number of rotatable bonds is 11. The lowest BCUT2D eigenvalue weighted by atomic mass is 10.1. The number of ether oxygens (including phenoxy) is 3. The monoisotopic (exact) mass is 493 g/mol. The zero-order chi connectivity index (χ0) is 19.2. The smallest absolute Gasteiger partial charge is 0.305 e. The molecule has 0 aliphatic carbocycles. The molecule has 0 aliphatic rings. The van der Waals surface area contributed by atoms with Gasteiger partial charge >= 0.3 is 5.97 Å². The van der Waals surface area contributed by atoms with E-state index in [0.717, 1.165) is 43.7 Å². The van der Waals surface area contributed by atoms with Gasteiger partial charge in [0.15, 0.2) is 17.5 Å². The van der Waals surface area contributed by atoms with Gasteiger partial charge in [-0.15, -0.1) is 24.0 Å². The summed E-state index contributed by atoms with van der Waals surface area (Å²) in [5.74, 6) is 1.96. The Kier molecular flexibility index (Phi) is 14.4. The Hall–Kier alpha value is -1.71. The lowest BCUT2D eigenvalue weighted by molar-refractivity contribution is -0.140. The summed E-state index contributed by atoms with van der Waals surface area (Å²) >= 11 is 0. The van der Waals surface area contributed by atoms with Crippen molar-refractivity contribution in [2.24, 2.45) is 4.99 Å². The van der Waals surface area contributed by atoms with Gasteiger partial charge in [0.1, 0.15) is 0 Å². The van der Waals surface area contributed by atoms with Gasteiger partial charge in [-0.05, 0) is 31.9 Å². The number of benzene rings is 1. The molecular formula is C19H32IN3O4. The lowest BCUT2D eigenvalue weighted by Crippen LogP contribution is -2.31. The summed E-state index contributed by atoms with van der Waals surface area (Å²) in [4.78, 5) is 15.3. The molecule has 2 N–H and O–H groups in total. The van der Waals surface area contributed by atoms with Crippen molar-refractivity contribution in [3.05, 3.63) is 18.2 Å². The SMILES string of the molecule is CCOc1ccc(NC(=NC)NCCCCCCC(=O)OC)cc1OC.I. The molecule has 7 nitrogen and oxygen atoms in total. The van der Waals surface area contributed by atoms with E-state index in [1.807, 2.05) is 25.1 Å². The molecule has 0 saturated heterocycles. The van der Waals surface area contributed by atoms with Gasteiger partial charge in [-0.2, -0.15) is 0 Å². The van der Waals surface area contributed by atoms with Crippen LogP contribution in [0, 0.1) is 0 Å². The number of carbonyl (C=O) groups excluding carboxylic acids is 1. The van der Waals surface area contributed by atoms with Crippen LogP contribution in [0.15, 0.2) is 23.2 Å². The first kappa shape index (κ1) is 25.3. The van der Waals surface area contributed by atoms with Crippen LogP contribution in [0.2, 0.25) is 0 Å². The molecule has 0 heterocycles. The van der Waals surface area contributed by atoms with Crippen LogP contribution >= 0.6 is 24.0 Å². The fraction of sp³-hybridized carbons (Fsp3) is 0.579. The number of guanidine groups is 1. The van der Waals surface area contributed by atoms with Crippen LogP contribution < -0.4 is 20.1 Å². The Morgan fingerprint density at radius 3 is 2.48 bits per heavy atom. The molecule has 0 radical (unpaired) electrons. The largest absolute Gasteiger partial charge is 0.493 e. The van der Waals surface area contributed by atoms with Crippen LogP contribution in [0.4, 0.5) is 5.69 Å². The Morgan fingerprint density at radius 2 is 1.85 bits per heavy atom. The van der Waals surface area contributed by atoms with E-state index in [0.29, 0.717) is 24.7 Å². The van der Waals surface area contributed by atoms with Crippen molar-refractivity contribution < 1.29 is 19.0 Å². The minimum atomic E-state index is -0.140. The average molecular weight is 493 g/mol. The van der Waals surface area contributed by atoms with Gasteiger partial charge in [-0.25, -0.2) is 0 Å². The molecule has 1 rings (SSSR count). The predicted molar refractivity (Wildman–Crippen MR) is 120 cm³/mol. The number of unbranched alkanes of at least 4 members (excludes halogenated alkanes) is 3. The highest BCUT2D eigenvalue weighted by Gasteiger charge is 2.07. The van der Waals surface area contributed by atoms with Crippen molar-refractivity contribution >= 4 is 41.6 Å². The molecule has 0 unspecified atom stereocenters. The van der Waals surface area contributed by atoms with Crippen molar-refractivity contribution in [3.8, 4) is 11.5 Å². The van der Waals surface area contributed by atoms with Gasteiger partial charge in [0.25, 0.3) is 0 Å². The standard InChI is InChI=1S/C19H31N3O4.HI/c1-5-26-16-12-11-15(14-17(16)24-3)22-19(20-2)21-13-9-7-6-8-10-18(23)25-4;/h11-12,14H,5-10,13H2,1-4H3,(H2,20,21,22);1H. The number of halogens is 1. The minimum Gasteiger partial charge on any atom is -0.493 e. The van der Waals surface area contributed by atoms with Crippen LogP contribution in [0.5, 0.6) is 11.5 Å². The van der Waals surface area contributed by atoms with Crippen molar-refractivity contribution in [3.63, 3.8) is 0 Å². The molecule has 0 aromatic heterocycles. The van der Waals surface area contributed by atoms with Crippen LogP contribution in [0.3, 0.4) is 0 Å². The van der Waals surface area contributed by atoms with E-state index >= 15 is 0 Å². The maximum Gasteiger partial charge on any atom is 0.305 e. The average Bonchev–Trinajstić information content (AvgIpc) is 2.67. The third kappa shape index (κ3) is 10.3. The Labute approximate surface area is 179 Å². The van der Waals surface area contributed by atoms with Crippen molar-refractivity contribution in [2.45, 2.75) is 39.0 Å². The van der Waals surface area contributed by atoms with Gasteiger partial charge in [0, 0.05) is 31.8 Å². The van der Waals surface area contributed by atoms with Crippen molar-refractivity contribution in [1.82, 2.24) is 5.32 Å². The second-order valence-corrected chi connectivity index (χ2v) is 5.66. The van der Waals surface area contributed by atoms with E-state index in [4.69, 9.17) is 9.47 Å². The zero-order valence-corrected chi connectivity index (χ0v) is 19.0. The van der Waals surface area contributed by atoms with Crippen LogP contribution in [-0.4, -0.2) is 46.3 Å². The Morgan fingerprint density at radius 1 is 1.11 bits per heavy atom. The molecule has 27 heavy (non-hydrogen) atoms. The summed E-state index contributed by atoms with van der Waals surface area (Å²) in [7, 11) is 4.78. The molecule has 0 aliphatic heterocycles. The number of carbonyl (C=O) groups is 1. The summed E-state index contributed by atoms with van der Waals surface area (Å²) in [6, 6.07) is 5.68. The molecule has 0 atom stereocenters. The third-order valence-electron chi connectivity index (χ3n) is 3.78. The molecule has 8 heteroatoms. The lowest BCUT2D eigenvalue weighted by Gasteiger charge is -2.14. The fourth-order valence-corrected chi connectivity index (χ4v) is 2.39. The number of methoxy groups -OCH3 is 2. The maximum absolute atomic E-state index is 11.0. The molecular weight excluding hydrogens is 461 g/mol. The first-order valence-corrected chi connectivity index (χ1v) is 8.99. The third-order valence-corrected chi connectivity index (χ3v) is 3.78. The highest BCUT2D eigenvalue weighted by molar-refractivity contribution is 14.0. The van der Waals surface area contributed by atoms with Crippen molar-refractivity contribution in [1.29, 1.82) is 0 Å². The maximum atomic E-state index is 11.0. The van der Waals surface area contributed by atoms with Crippen LogP contribution in [0.25, 0.3) is 0 Å². The summed E-state index contributed by atoms with van der Waals surface area (Å²) in [6.07, 6.45) is 4.43. The van der Waals surface area contributed by atoms with E-state index in [-0.39, 0.29) is 29.9 Å². The summed E-state index contributed by atoms with van der Waals surface area (Å²) < 4.78 is 15.5. The number of hydrogen-bond acceptors (Lipinski definition) is 5. The summed E-state index contributed by atoms with van der Waals surface area (Å²) in [5.41, 5.74) is 0.872. The normalized spacial score (nSPS) is 10.6. The van der Waals surface area contributed by atoms with Gasteiger partial charge in [0.2, 0.25) is 0 Å². The molecule has 0 bridgehead atoms. The number of nitrogens with one attached hydrogen (secondary N) is 2. The Bertz CT molecular complexity index is 582. The molecule has 0 saturated carbocycles. The highest BCUT2D eigenvalue weighted by atomic mass is 127. The Balaban J connectivity index is 0.00000676. The molecule has 0 amide bonds. The minimum absolute atomic E-state index is 0. The number of nitrogens with zero attached hydrogens (tertiary/aromatic N) is 1.